The van der Waals surface area contributed by atoms with Gasteiger partial charge in [-0.3, -0.25) is 4.79 Å². The number of phenols is 1. The molecule has 3 N–H and O–H groups in total. The third-order valence-electron chi connectivity index (χ3n) is 6.35. The number of halogens is 1. The topological polar surface area (TPSA) is 79.8 Å². The quantitative estimate of drug-likeness (QED) is 0.710. The Kier molecular flexibility index (Phi) is 7.20. The summed E-state index contributed by atoms with van der Waals surface area (Å²) in [7, 11) is 0. The summed E-state index contributed by atoms with van der Waals surface area (Å²) in [6.45, 7) is 2.28. The number of hydrogen-bond acceptors (Lipinski definition) is 5. The van der Waals surface area contributed by atoms with Crippen LogP contribution < -0.4 is 10.6 Å². The number of benzene rings is 1. The zero-order valence-electron chi connectivity index (χ0n) is 16.2. The summed E-state index contributed by atoms with van der Waals surface area (Å²) in [5.41, 5.74) is 0.898. The summed E-state index contributed by atoms with van der Waals surface area (Å²) >= 11 is 0. The van der Waals surface area contributed by atoms with Gasteiger partial charge < -0.3 is 25.2 Å². The van der Waals surface area contributed by atoms with Crippen LogP contribution in [0.15, 0.2) is 24.3 Å². The number of phenolic OH excluding ortho intramolecular Hbond substituents is 1. The molecule has 4 rings (SSSR count). The van der Waals surface area contributed by atoms with Gasteiger partial charge in [0.25, 0.3) is 0 Å². The number of piperidine rings is 1. The molecule has 7 heteroatoms. The molecule has 2 heterocycles. The van der Waals surface area contributed by atoms with Crippen molar-refractivity contribution in [3.05, 3.63) is 29.8 Å². The number of nitrogens with one attached hydrogen (secondary N) is 2. The van der Waals surface area contributed by atoms with E-state index in [1.54, 1.807) is 6.07 Å². The Morgan fingerprint density at radius 2 is 2.07 bits per heavy atom. The van der Waals surface area contributed by atoms with Gasteiger partial charge in [-0.2, -0.15) is 0 Å². The predicted octanol–water partition coefficient (Wildman–Crippen LogP) is 2.49. The molecule has 1 aromatic rings. The molecule has 0 unspecified atom stereocenters. The maximum absolute atomic E-state index is 11.9. The van der Waals surface area contributed by atoms with Crippen LogP contribution in [0.25, 0.3) is 0 Å². The van der Waals surface area contributed by atoms with Gasteiger partial charge in [0.05, 0.1) is 30.9 Å². The molecule has 6 nitrogen and oxygen atoms in total. The van der Waals surface area contributed by atoms with E-state index in [1.807, 2.05) is 12.1 Å². The largest absolute Gasteiger partial charge is 0.508 e. The number of ether oxygens (including phenoxy) is 2. The highest BCUT2D eigenvalue weighted by atomic mass is 35.5. The average molecular weight is 411 g/mol. The summed E-state index contributed by atoms with van der Waals surface area (Å²) in [6.07, 6.45) is 6.46. The predicted molar refractivity (Wildman–Crippen MR) is 109 cm³/mol. The molecule has 3 aliphatic rings. The van der Waals surface area contributed by atoms with Crippen molar-refractivity contribution in [1.82, 2.24) is 10.6 Å². The van der Waals surface area contributed by atoms with Crippen LogP contribution in [0, 0.1) is 0 Å². The maximum Gasteiger partial charge on any atom is 0.246 e. The number of carbonyl (C=O) groups excluding carboxylic acids is 1. The SMILES string of the molecule is Cl.O=C1COC[C@@]2(CCCN[C@H]2COC2CCC(c3cccc(O)c3)CC2)N1. The first-order valence-corrected chi connectivity index (χ1v) is 10.2. The fraction of sp³-hybridized carbons (Fsp3) is 0.667. The van der Waals surface area contributed by atoms with E-state index in [0.717, 1.165) is 45.1 Å². The van der Waals surface area contributed by atoms with Crippen LogP contribution in [0.1, 0.15) is 50.0 Å². The first kappa shape index (κ1) is 21.4. The van der Waals surface area contributed by atoms with Gasteiger partial charge in [-0.15, -0.1) is 12.4 Å². The molecule has 1 saturated carbocycles. The van der Waals surface area contributed by atoms with Crippen molar-refractivity contribution in [3.8, 4) is 5.75 Å². The average Bonchev–Trinajstić information content (AvgIpc) is 2.68. The summed E-state index contributed by atoms with van der Waals surface area (Å²) in [5, 5.41) is 16.4. The molecule has 2 atom stereocenters. The fourth-order valence-corrected chi connectivity index (χ4v) is 4.84. The number of amides is 1. The Morgan fingerprint density at radius 3 is 2.82 bits per heavy atom. The highest BCUT2D eigenvalue weighted by molar-refractivity contribution is 5.85. The Morgan fingerprint density at radius 1 is 1.25 bits per heavy atom. The van der Waals surface area contributed by atoms with Gasteiger partial charge in [0.2, 0.25) is 5.91 Å². The van der Waals surface area contributed by atoms with Crippen LogP contribution in [-0.2, 0) is 14.3 Å². The van der Waals surface area contributed by atoms with E-state index in [-0.39, 0.29) is 42.6 Å². The summed E-state index contributed by atoms with van der Waals surface area (Å²) in [6, 6.07) is 7.72. The Hall–Kier alpha value is -1.34. The summed E-state index contributed by atoms with van der Waals surface area (Å²) < 4.78 is 11.8. The normalized spacial score (nSPS) is 33.1. The van der Waals surface area contributed by atoms with Gasteiger partial charge in [-0.05, 0) is 68.7 Å². The van der Waals surface area contributed by atoms with Gasteiger partial charge in [0.1, 0.15) is 12.4 Å². The van der Waals surface area contributed by atoms with Crippen molar-refractivity contribution in [2.24, 2.45) is 0 Å². The Labute approximate surface area is 172 Å². The highest BCUT2D eigenvalue weighted by Gasteiger charge is 2.44. The highest BCUT2D eigenvalue weighted by Crippen LogP contribution is 2.35. The number of rotatable bonds is 4. The molecule has 1 aliphatic carbocycles. The molecule has 156 valence electrons. The molecular weight excluding hydrogens is 380 g/mol. The molecule has 3 fully saturated rings. The fourth-order valence-electron chi connectivity index (χ4n) is 4.84. The number of morpholine rings is 1. The third-order valence-corrected chi connectivity index (χ3v) is 6.35. The van der Waals surface area contributed by atoms with Gasteiger partial charge >= 0.3 is 0 Å². The Balaban J connectivity index is 0.00000225. The minimum absolute atomic E-state index is 0. The zero-order valence-corrected chi connectivity index (χ0v) is 17.0. The molecule has 0 bridgehead atoms. The van der Waals surface area contributed by atoms with Crippen molar-refractivity contribution < 1.29 is 19.4 Å². The summed E-state index contributed by atoms with van der Waals surface area (Å²) in [4.78, 5) is 11.9. The molecule has 28 heavy (non-hydrogen) atoms. The van der Waals surface area contributed by atoms with Gasteiger partial charge in [-0.1, -0.05) is 12.1 Å². The Bertz CT molecular complexity index is 662. The first-order valence-electron chi connectivity index (χ1n) is 10.2. The second-order valence-electron chi connectivity index (χ2n) is 8.21. The van der Waals surface area contributed by atoms with Crippen molar-refractivity contribution in [1.29, 1.82) is 0 Å². The lowest BCUT2D eigenvalue weighted by atomic mass is 9.81. The van der Waals surface area contributed by atoms with E-state index in [4.69, 9.17) is 9.47 Å². The second kappa shape index (κ2) is 9.44. The monoisotopic (exact) mass is 410 g/mol. The number of carbonyl (C=O) groups is 1. The lowest BCUT2D eigenvalue weighted by Gasteiger charge is -2.47. The van der Waals surface area contributed by atoms with E-state index in [9.17, 15) is 9.90 Å². The third kappa shape index (κ3) is 4.79. The van der Waals surface area contributed by atoms with Gasteiger partial charge in [0.15, 0.2) is 0 Å². The lowest BCUT2D eigenvalue weighted by molar-refractivity contribution is -0.139. The van der Waals surface area contributed by atoms with Crippen LogP contribution in [0.2, 0.25) is 0 Å². The zero-order chi connectivity index (χ0) is 18.7. The minimum atomic E-state index is -0.327. The van der Waals surface area contributed by atoms with Crippen LogP contribution >= 0.6 is 12.4 Å². The first-order chi connectivity index (χ1) is 13.1. The van der Waals surface area contributed by atoms with Gasteiger partial charge in [-0.25, -0.2) is 0 Å². The van der Waals surface area contributed by atoms with Crippen molar-refractivity contribution in [3.63, 3.8) is 0 Å². The second-order valence-corrected chi connectivity index (χ2v) is 8.21. The van der Waals surface area contributed by atoms with E-state index in [1.165, 1.54) is 5.56 Å². The van der Waals surface area contributed by atoms with Crippen LogP contribution in [0.4, 0.5) is 0 Å². The van der Waals surface area contributed by atoms with Crippen molar-refractivity contribution in [2.75, 3.05) is 26.4 Å². The summed E-state index contributed by atoms with van der Waals surface area (Å²) in [5.74, 6) is 0.819. The lowest BCUT2D eigenvalue weighted by Crippen LogP contribution is -2.70. The minimum Gasteiger partial charge on any atom is -0.508 e. The van der Waals surface area contributed by atoms with Crippen LogP contribution in [0.5, 0.6) is 5.75 Å². The van der Waals surface area contributed by atoms with Crippen LogP contribution in [-0.4, -0.2) is 55.1 Å². The van der Waals surface area contributed by atoms with Crippen molar-refractivity contribution >= 4 is 18.3 Å². The van der Waals surface area contributed by atoms with E-state index in [2.05, 4.69) is 16.7 Å². The van der Waals surface area contributed by atoms with E-state index in [0.29, 0.717) is 24.9 Å². The molecule has 2 aliphatic heterocycles. The molecule has 1 amide bonds. The number of hydrogen-bond donors (Lipinski definition) is 3. The molecule has 2 saturated heterocycles. The van der Waals surface area contributed by atoms with E-state index >= 15 is 0 Å². The standard InChI is InChI=1S/C21H30N2O4.ClH/c24-17-4-1-3-16(11-17)15-5-7-18(8-6-15)27-12-19-21(9-2-10-22-19)14-26-13-20(25)23-21;/h1,3-4,11,15,18-19,22,24H,2,5-10,12-14H2,(H,23,25);1H/t15?,18?,19-,21+;/m0./s1. The van der Waals surface area contributed by atoms with Crippen molar-refractivity contribution in [2.45, 2.75) is 62.1 Å². The molecule has 0 aromatic heterocycles. The molecule has 1 aromatic carbocycles. The van der Waals surface area contributed by atoms with Gasteiger partial charge in [0, 0.05) is 0 Å². The van der Waals surface area contributed by atoms with E-state index < -0.39 is 0 Å². The molecular formula is C21H31ClN2O4. The maximum atomic E-state index is 11.9. The molecule has 0 radical (unpaired) electrons. The van der Waals surface area contributed by atoms with Crippen LogP contribution in [0.3, 0.4) is 0 Å². The number of aromatic hydroxyl groups is 1. The molecule has 1 spiro atoms. The smallest absolute Gasteiger partial charge is 0.246 e.